The van der Waals surface area contributed by atoms with Crippen molar-refractivity contribution in [1.82, 2.24) is 10.2 Å². The number of likely N-dealkylation sites (tertiary alicyclic amines) is 1. The highest BCUT2D eigenvalue weighted by molar-refractivity contribution is 6.31. The molecule has 0 radical (unpaired) electrons. The molecular formula is C17H27ClN2. The Labute approximate surface area is 128 Å². The average molecular weight is 295 g/mol. The van der Waals surface area contributed by atoms with Gasteiger partial charge in [0.2, 0.25) is 0 Å². The largest absolute Gasteiger partial charge is 0.311 e. The first-order chi connectivity index (χ1) is 9.69. The molecule has 2 rings (SSSR count). The highest BCUT2D eigenvalue weighted by Crippen LogP contribution is 2.18. The zero-order chi connectivity index (χ0) is 14.4. The second-order valence-corrected chi connectivity index (χ2v) is 6.39. The number of rotatable bonds is 6. The molecule has 3 heteroatoms. The molecule has 1 heterocycles. The molecule has 1 N–H and O–H groups in total. The molecular weight excluding hydrogens is 268 g/mol. The van der Waals surface area contributed by atoms with Crippen LogP contribution in [0.3, 0.4) is 0 Å². The van der Waals surface area contributed by atoms with Crippen LogP contribution in [0.1, 0.15) is 38.7 Å². The van der Waals surface area contributed by atoms with Crippen molar-refractivity contribution in [2.75, 3.05) is 19.6 Å². The number of nitrogens with zero attached hydrogens (tertiary/aromatic N) is 1. The minimum atomic E-state index is 0.484. The molecule has 1 fully saturated rings. The van der Waals surface area contributed by atoms with E-state index in [1.54, 1.807) is 0 Å². The van der Waals surface area contributed by atoms with Crippen LogP contribution in [-0.4, -0.2) is 36.6 Å². The van der Waals surface area contributed by atoms with E-state index in [9.17, 15) is 0 Å². The van der Waals surface area contributed by atoms with Gasteiger partial charge in [-0.3, -0.25) is 0 Å². The minimum Gasteiger partial charge on any atom is -0.311 e. The topological polar surface area (TPSA) is 15.3 Å². The first-order valence-electron chi connectivity index (χ1n) is 7.91. The van der Waals surface area contributed by atoms with Gasteiger partial charge in [-0.25, -0.2) is 0 Å². The molecule has 1 aromatic rings. The van der Waals surface area contributed by atoms with Crippen LogP contribution in [0.15, 0.2) is 24.3 Å². The Bertz CT molecular complexity index is 400. The molecule has 1 aromatic carbocycles. The normalized spacial score (nSPS) is 19.1. The van der Waals surface area contributed by atoms with Crippen LogP contribution in [0.25, 0.3) is 0 Å². The fraction of sp³-hybridized carbons (Fsp3) is 0.647. The predicted octanol–water partition coefficient (Wildman–Crippen LogP) is 3.74. The van der Waals surface area contributed by atoms with Crippen molar-refractivity contribution in [3.63, 3.8) is 0 Å². The number of benzene rings is 1. The summed E-state index contributed by atoms with van der Waals surface area (Å²) in [5.41, 5.74) is 1.25. The smallest absolute Gasteiger partial charge is 0.0438 e. The average Bonchev–Trinajstić information content (AvgIpc) is 2.44. The van der Waals surface area contributed by atoms with E-state index in [-0.39, 0.29) is 0 Å². The Morgan fingerprint density at radius 2 is 2.00 bits per heavy atom. The number of piperidine rings is 1. The van der Waals surface area contributed by atoms with Crippen molar-refractivity contribution in [2.45, 2.75) is 51.6 Å². The summed E-state index contributed by atoms with van der Waals surface area (Å²) in [5, 5.41) is 4.66. The Balaban J connectivity index is 1.75. The third-order valence-corrected chi connectivity index (χ3v) is 4.50. The molecule has 1 unspecified atom stereocenters. The summed E-state index contributed by atoms with van der Waals surface area (Å²) in [6.07, 6.45) is 4.82. The highest BCUT2D eigenvalue weighted by Gasteiger charge is 2.20. The van der Waals surface area contributed by atoms with Gasteiger partial charge < -0.3 is 10.2 Å². The molecule has 1 aliphatic rings. The van der Waals surface area contributed by atoms with Crippen LogP contribution in [0.5, 0.6) is 0 Å². The monoisotopic (exact) mass is 294 g/mol. The Morgan fingerprint density at radius 1 is 1.30 bits per heavy atom. The lowest BCUT2D eigenvalue weighted by Gasteiger charge is -2.33. The number of nitrogens with one attached hydrogen (secondary N) is 1. The molecule has 1 saturated heterocycles. The SMILES string of the molecule is CCCN1CCC(NC(C)Cc2ccccc2Cl)CC1. The summed E-state index contributed by atoms with van der Waals surface area (Å²) < 4.78 is 0. The van der Waals surface area contributed by atoms with Crippen LogP contribution < -0.4 is 5.32 Å². The first kappa shape index (κ1) is 15.8. The van der Waals surface area contributed by atoms with Crippen molar-refractivity contribution in [3.8, 4) is 0 Å². The van der Waals surface area contributed by atoms with Gasteiger partial charge >= 0.3 is 0 Å². The van der Waals surface area contributed by atoms with Crippen molar-refractivity contribution in [3.05, 3.63) is 34.9 Å². The van der Waals surface area contributed by atoms with E-state index in [1.807, 2.05) is 12.1 Å². The molecule has 0 amide bonds. The molecule has 0 aliphatic carbocycles. The summed E-state index contributed by atoms with van der Waals surface area (Å²) in [6.45, 7) is 8.26. The molecule has 0 bridgehead atoms. The first-order valence-corrected chi connectivity index (χ1v) is 8.28. The van der Waals surface area contributed by atoms with E-state index in [0.717, 1.165) is 11.4 Å². The van der Waals surface area contributed by atoms with Crippen LogP contribution in [0.4, 0.5) is 0 Å². The molecule has 0 spiro atoms. The van der Waals surface area contributed by atoms with E-state index in [1.165, 1.54) is 44.5 Å². The van der Waals surface area contributed by atoms with Crippen molar-refractivity contribution in [2.24, 2.45) is 0 Å². The fourth-order valence-corrected chi connectivity index (χ4v) is 3.31. The summed E-state index contributed by atoms with van der Waals surface area (Å²) in [4.78, 5) is 2.58. The van der Waals surface area contributed by atoms with Crippen LogP contribution in [0.2, 0.25) is 5.02 Å². The maximum Gasteiger partial charge on any atom is 0.0438 e. The van der Waals surface area contributed by atoms with E-state index >= 15 is 0 Å². The zero-order valence-corrected chi connectivity index (χ0v) is 13.5. The van der Waals surface area contributed by atoms with Gasteiger partial charge in [0.1, 0.15) is 0 Å². The molecule has 1 aliphatic heterocycles. The second-order valence-electron chi connectivity index (χ2n) is 5.98. The van der Waals surface area contributed by atoms with E-state index in [4.69, 9.17) is 11.6 Å². The molecule has 112 valence electrons. The number of hydrogen-bond acceptors (Lipinski definition) is 2. The van der Waals surface area contributed by atoms with Crippen LogP contribution >= 0.6 is 11.6 Å². The standard InChI is InChI=1S/C17H27ClN2/c1-3-10-20-11-8-16(9-12-20)19-14(2)13-15-6-4-5-7-17(15)18/h4-7,14,16,19H,3,8-13H2,1-2H3. The Morgan fingerprint density at radius 3 is 2.65 bits per heavy atom. The summed E-state index contributed by atoms with van der Waals surface area (Å²) >= 11 is 6.23. The maximum absolute atomic E-state index is 6.23. The summed E-state index contributed by atoms with van der Waals surface area (Å²) in [5.74, 6) is 0. The lowest BCUT2D eigenvalue weighted by molar-refractivity contribution is 0.192. The van der Waals surface area contributed by atoms with E-state index < -0.39 is 0 Å². The summed E-state index contributed by atoms with van der Waals surface area (Å²) in [6, 6.07) is 9.32. The minimum absolute atomic E-state index is 0.484. The molecule has 2 nitrogen and oxygen atoms in total. The highest BCUT2D eigenvalue weighted by atomic mass is 35.5. The van der Waals surface area contributed by atoms with Crippen LogP contribution in [-0.2, 0) is 6.42 Å². The number of hydrogen-bond donors (Lipinski definition) is 1. The van der Waals surface area contributed by atoms with Gasteiger partial charge in [0.15, 0.2) is 0 Å². The van der Waals surface area contributed by atoms with Crippen molar-refractivity contribution >= 4 is 11.6 Å². The van der Waals surface area contributed by atoms with E-state index in [2.05, 4.69) is 36.2 Å². The van der Waals surface area contributed by atoms with Gasteiger partial charge in [-0.1, -0.05) is 36.7 Å². The molecule has 20 heavy (non-hydrogen) atoms. The molecule has 0 saturated carbocycles. The fourth-order valence-electron chi connectivity index (χ4n) is 3.09. The van der Waals surface area contributed by atoms with E-state index in [0.29, 0.717) is 12.1 Å². The van der Waals surface area contributed by atoms with Gasteiger partial charge in [-0.15, -0.1) is 0 Å². The quantitative estimate of drug-likeness (QED) is 0.860. The van der Waals surface area contributed by atoms with Gasteiger partial charge in [0.05, 0.1) is 0 Å². The zero-order valence-electron chi connectivity index (χ0n) is 12.7. The Hall–Kier alpha value is -0.570. The number of halogens is 1. The van der Waals surface area contributed by atoms with Gasteiger partial charge in [0.25, 0.3) is 0 Å². The lowest BCUT2D eigenvalue weighted by Crippen LogP contribution is -2.46. The predicted molar refractivity (Wildman–Crippen MR) is 87.5 cm³/mol. The molecule has 0 aromatic heterocycles. The third kappa shape index (κ3) is 4.76. The lowest BCUT2D eigenvalue weighted by atomic mass is 10.0. The second kappa shape index (κ2) is 8.02. The van der Waals surface area contributed by atoms with Crippen molar-refractivity contribution < 1.29 is 0 Å². The van der Waals surface area contributed by atoms with Gasteiger partial charge in [-0.05, 0) is 63.9 Å². The summed E-state index contributed by atoms with van der Waals surface area (Å²) in [7, 11) is 0. The van der Waals surface area contributed by atoms with Crippen molar-refractivity contribution in [1.29, 1.82) is 0 Å². The third-order valence-electron chi connectivity index (χ3n) is 4.13. The van der Waals surface area contributed by atoms with Gasteiger partial charge in [0, 0.05) is 17.1 Å². The molecule has 1 atom stereocenters. The Kier molecular flexibility index (Phi) is 6.34. The van der Waals surface area contributed by atoms with Gasteiger partial charge in [-0.2, -0.15) is 0 Å². The maximum atomic E-state index is 6.23. The van der Waals surface area contributed by atoms with Crippen LogP contribution in [0, 0.1) is 0 Å².